The maximum atomic E-state index is 10.0. The standard InChI is InChI=1S/C10H12N4O/c1-2-14-4-3-13-10(14)9(15)8-5-11-7-12-6-8/h3-7,9,15H,2H2,1H3. The SMILES string of the molecule is CCn1ccnc1C(O)c1cncnc1. The van der Waals surface area contributed by atoms with Gasteiger partial charge in [-0.15, -0.1) is 0 Å². The molecule has 15 heavy (non-hydrogen) atoms. The first kappa shape index (κ1) is 9.79. The van der Waals surface area contributed by atoms with Gasteiger partial charge in [0.1, 0.15) is 18.3 Å². The maximum Gasteiger partial charge on any atom is 0.142 e. The summed E-state index contributed by atoms with van der Waals surface area (Å²) in [6.45, 7) is 2.78. The first-order valence-electron chi connectivity index (χ1n) is 4.77. The Morgan fingerprint density at radius 3 is 2.80 bits per heavy atom. The van der Waals surface area contributed by atoms with E-state index in [1.165, 1.54) is 6.33 Å². The second kappa shape index (κ2) is 4.18. The van der Waals surface area contributed by atoms with E-state index in [4.69, 9.17) is 0 Å². The molecule has 1 atom stereocenters. The number of hydrogen-bond donors (Lipinski definition) is 1. The molecule has 2 aromatic rings. The minimum atomic E-state index is -0.763. The van der Waals surface area contributed by atoms with E-state index in [1.54, 1.807) is 18.6 Å². The molecule has 0 spiro atoms. The number of aliphatic hydroxyl groups excluding tert-OH is 1. The van der Waals surface area contributed by atoms with E-state index in [0.717, 1.165) is 6.54 Å². The fourth-order valence-electron chi connectivity index (χ4n) is 1.44. The summed E-state index contributed by atoms with van der Waals surface area (Å²) in [6.07, 6.45) is 7.36. The average molecular weight is 204 g/mol. The summed E-state index contributed by atoms with van der Waals surface area (Å²) in [5, 5.41) is 10.0. The number of hydrogen-bond acceptors (Lipinski definition) is 4. The second-order valence-corrected chi connectivity index (χ2v) is 3.15. The van der Waals surface area contributed by atoms with E-state index in [0.29, 0.717) is 11.4 Å². The zero-order chi connectivity index (χ0) is 10.7. The van der Waals surface area contributed by atoms with Crippen LogP contribution in [-0.4, -0.2) is 24.6 Å². The van der Waals surface area contributed by atoms with Crippen molar-refractivity contribution >= 4 is 0 Å². The molecule has 0 aliphatic carbocycles. The Morgan fingerprint density at radius 1 is 1.40 bits per heavy atom. The van der Waals surface area contributed by atoms with Gasteiger partial charge in [-0.05, 0) is 6.92 Å². The van der Waals surface area contributed by atoms with Crippen molar-refractivity contribution < 1.29 is 5.11 Å². The summed E-state index contributed by atoms with van der Waals surface area (Å²) in [7, 11) is 0. The van der Waals surface area contributed by atoms with Crippen LogP contribution in [0.25, 0.3) is 0 Å². The number of aliphatic hydroxyl groups is 1. The lowest BCUT2D eigenvalue weighted by Crippen LogP contribution is -2.09. The van der Waals surface area contributed by atoms with Gasteiger partial charge in [-0.3, -0.25) is 0 Å². The highest BCUT2D eigenvalue weighted by molar-refractivity contribution is 5.16. The average Bonchev–Trinajstić information content (AvgIpc) is 2.77. The zero-order valence-electron chi connectivity index (χ0n) is 8.41. The van der Waals surface area contributed by atoms with Gasteiger partial charge in [0.2, 0.25) is 0 Å². The van der Waals surface area contributed by atoms with E-state index >= 15 is 0 Å². The van der Waals surface area contributed by atoms with Crippen LogP contribution < -0.4 is 0 Å². The monoisotopic (exact) mass is 204 g/mol. The third-order valence-electron chi connectivity index (χ3n) is 2.23. The zero-order valence-corrected chi connectivity index (χ0v) is 8.41. The quantitative estimate of drug-likeness (QED) is 0.802. The number of rotatable bonds is 3. The highest BCUT2D eigenvalue weighted by Gasteiger charge is 2.15. The highest BCUT2D eigenvalue weighted by Crippen LogP contribution is 2.18. The molecular formula is C10H12N4O. The van der Waals surface area contributed by atoms with E-state index in [-0.39, 0.29) is 0 Å². The molecular weight excluding hydrogens is 192 g/mol. The van der Waals surface area contributed by atoms with Crippen LogP contribution in [0.5, 0.6) is 0 Å². The summed E-state index contributed by atoms with van der Waals surface area (Å²) < 4.78 is 1.89. The second-order valence-electron chi connectivity index (χ2n) is 3.15. The smallest absolute Gasteiger partial charge is 0.142 e. The van der Waals surface area contributed by atoms with Gasteiger partial charge in [-0.1, -0.05) is 0 Å². The summed E-state index contributed by atoms with van der Waals surface area (Å²) in [5.41, 5.74) is 0.651. The van der Waals surface area contributed by atoms with Gasteiger partial charge in [-0.2, -0.15) is 0 Å². The number of aryl methyl sites for hydroxylation is 1. The van der Waals surface area contributed by atoms with Crippen LogP contribution in [-0.2, 0) is 6.54 Å². The van der Waals surface area contributed by atoms with E-state index in [9.17, 15) is 5.11 Å². The van der Waals surface area contributed by atoms with Crippen LogP contribution in [0.15, 0.2) is 31.1 Å². The van der Waals surface area contributed by atoms with Gasteiger partial charge in [0, 0.05) is 36.9 Å². The molecule has 1 unspecified atom stereocenters. The van der Waals surface area contributed by atoms with Crippen LogP contribution in [0.4, 0.5) is 0 Å². The van der Waals surface area contributed by atoms with Crippen molar-refractivity contribution in [2.75, 3.05) is 0 Å². The van der Waals surface area contributed by atoms with Crippen molar-refractivity contribution in [2.24, 2.45) is 0 Å². The molecule has 0 amide bonds. The molecule has 0 aromatic carbocycles. The molecule has 2 aromatic heterocycles. The lowest BCUT2D eigenvalue weighted by atomic mass is 10.2. The van der Waals surface area contributed by atoms with Crippen LogP contribution in [0.3, 0.4) is 0 Å². The lowest BCUT2D eigenvalue weighted by molar-refractivity contribution is 0.204. The molecule has 0 bridgehead atoms. The van der Waals surface area contributed by atoms with E-state index < -0.39 is 6.10 Å². The van der Waals surface area contributed by atoms with Gasteiger partial charge in [0.05, 0.1) is 0 Å². The summed E-state index contributed by atoms with van der Waals surface area (Å²) in [6, 6.07) is 0. The minimum absolute atomic E-state index is 0.618. The molecule has 1 N–H and O–H groups in total. The minimum Gasteiger partial charge on any atom is -0.380 e. The fraction of sp³-hybridized carbons (Fsp3) is 0.300. The van der Waals surface area contributed by atoms with Gasteiger partial charge in [0.25, 0.3) is 0 Å². The first-order chi connectivity index (χ1) is 7.33. The Kier molecular flexibility index (Phi) is 2.73. The molecule has 0 aliphatic rings. The van der Waals surface area contributed by atoms with Gasteiger partial charge in [0.15, 0.2) is 0 Å². The Labute approximate surface area is 87.5 Å². The van der Waals surface area contributed by atoms with Crippen LogP contribution in [0.1, 0.15) is 24.4 Å². The molecule has 0 saturated heterocycles. The molecule has 0 fully saturated rings. The van der Waals surface area contributed by atoms with Crippen molar-refractivity contribution in [2.45, 2.75) is 19.6 Å². The summed E-state index contributed by atoms with van der Waals surface area (Å²) >= 11 is 0. The number of imidazole rings is 1. The summed E-state index contributed by atoms with van der Waals surface area (Å²) in [5.74, 6) is 0.618. The predicted molar refractivity (Wildman–Crippen MR) is 54.0 cm³/mol. The van der Waals surface area contributed by atoms with Gasteiger partial charge < -0.3 is 9.67 Å². The number of aromatic nitrogens is 4. The fourth-order valence-corrected chi connectivity index (χ4v) is 1.44. The molecule has 78 valence electrons. The summed E-state index contributed by atoms with van der Waals surface area (Å²) in [4.78, 5) is 11.8. The van der Waals surface area contributed by atoms with Crippen LogP contribution in [0.2, 0.25) is 0 Å². The van der Waals surface area contributed by atoms with Crippen molar-refractivity contribution in [1.82, 2.24) is 19.5 Å². The third kappa shape index (κ3) is 1.87. The van der Waals surface area contributed by atoms with Gasteiger partial charge in [-0.25, -0.2) is 15.0 Å². The predicted octanol–water partition coefficient (Wildman–Crippen LogP) is 0.775. The molecule has 2 rings (SSSR count). The van der Waals surface area contributed by atoms with Crippen LogP contribution in [0, 0.1) is 0 Å². The Bertz CT molecular complexity index is 426. The number of nitrogens with zero attached hydrogens (tertiary/aromatic N) is 4. The van der Waals surface area contributed by atoms with Crippen molar-refractivity contribution in [3.63, 3.8) is 0 Å². The molecule has 0 radical (unpaired) electrons. The Balaban J connectivity index is 2.32. The molecule has 0 saturated carbocycles. The van der Waals surface area contributed by atoms with Crippen molar-refractivity contribution in [3.05, 3.63) is 42.5 Å². The van der Waals surface area contributed by atoms with E-state index in [2.05, 4.69) is 15.0 Å². The maximum absolute atomic E-state index is 10.0. The molecule has 5 nitrogen and oxygen atoms in total. The van der Waals surface area contributed by atoms with Crippen molar-refractivity contribution in [3.8, 4) is 0 Å². The largest absolute Gasteiger partial charge is 0.380 e. The van der Waals surface area contributed by atoms with Crippen molar-refractivity contribution in [1.29, 1.82) is 0 Å². The normalized spacial score (nSPS) is 12.7. The topological polar surface area (TPSA) is 63.8 Å². The Morgan fingerprint density at radius 2 is 2.13 bits per heavy atom. The molecule has 2 heterocycles. The first-order valence-corrected chi connectivity index (χ1v) is 4.77. The lowest BCUT2D eigenvalue weighted by Gasteiger charge is -2.11. The highest BCUT2D eigenvalue weighted by atomic mass is 16.3. The van der Waals surface area contributed by atoms with E-state index in [1.807, 2.05) is 17.7 Å². The molecule has 0 aliphatic heterocycles. The van der Waals surface area contributed by atoms with Crippen LogP contribution >= 0.6 is 0 Å². The third-order valence-corrected chi connectivity index (χ3v) is 2.23. The Hall–Kier alpha value is -1.75. The van der Waals surface area contributed by atoms with Gasteiger partial charge >= 0.3 is 0 Å². The molecule has 5 heteroatoms.